The molecule has 0 bridgehead atoms. The highest BCUT2D eigenvalue weighted by molar-refractivity contribution is 5.89. The minimum absolute atomic E-state index is 0.0606. The highest BCUT2D eigenvalue weighted by atomic mass is 16.5. The summed E-state index contributed by atoms with van der Waals surface area (Å²) in [5.41, 5.74) is 4.50. The molecule has 30 heavy (non-hydrogen) atoms. The predicted molar refractivity (Wildman–Crippen MR) is 114 cm³/mol. The second-order valence-corrected chi connectivity index (χ2v) is 7.12. The zero-order valence-electron chi connectivity index (χ0n) is 16.2. The molecule has 0 radical (unpaired) electrons. The number of carbonyl (C=O) groups excluding carboxylic acids is 1. The van der Waals surface area contributed by atoms with Gasteiger partial charge in [0.05, 0.1) is 11.6 Å². The van der Waals surface area contributed by atoms with Crippen molar-refractivity contribution < 1.29 is 9.53 Å². The summed E-state index contributed by atoms with van der Waals surface area (Å²) in [6.07, 6.45) is 5.30. The van der Waals surface area contributed by atoms with Gasteiger partial charge in [-0.1, -0.05) is 42.5 Å². The highest BCUT2D eigenvalue weighted by Gasteiger charge is 2.32. The van der Waals surface area contributed by atoms with E-state index < -0.39 is 5.92 Å². The second kappa shape index (κ2) is 7.79. The number of aromatic nitrogens is 2. The summed E-state index contributed by atoms with van der Waals surface area (Å²) >= 11 is 0. The number of ether oxygens (including phenoxy) is 1. The van der Waals surface area contributed by atoms with Gasteiger partial charge in [0.15, 0.2) is 0 Å². The summed E-state index contributed by atoms with van der Waals surface area (Å²) in [7, 11) is 0. The molecule has 0 saturated heterocycles. The summed E-state index contributed by atoms with van der Waals surface area (Å²) < 4.78 is 5.98. The monoisotopic (exact) mass is 393 g/mol. The molecular formula is C25H19N3O2. The van der Waals surface area contributed by atoms with Crippen molar-refractivity contribution in [2.75, 3.05) is 0 Å². The van der Waals surface area contributed by atoms with Crippen LogP contribution in [0.4, 0.5) is 0 Å². The van der Waals surface area contributed by atoms with Gasteiger partial charge in [0.1, 0.15) is 11.5 Å². The van der Waals surface area contributed by atoms with Gasteiger partial charge in [0.25, 0.3) is 0 Å². The number of fused-ring (bicyclic) bond motifs is 2. The summed E-state index contributed by atoms with van der Waals surface area (Å²) in [6.45, 7) is 0.404. The Bertz CT molecular complexity index is 1140. The molecular weight excluding hydrogens is 374 g/mol. The van der Waals surface area contributed by atoms with Crippen LogP contribution in [0.3, 0.4) is 0 Å². The third-order valence-corrected chi connectivity index (χ3v) is 5.19. The molecule has 0 saturated carbocycles. The molecule has 0 fully saturated rings. The molecule has 0 aliphatic carbocycles. The maximum Gasteiger partial charge on any atom is 0.232 e. The number of rotatable bonds is 4. The fourth-order valence-electron chi connectivity index (χ4n) is 3.70. The van der Waals surface area contributed by atoms with E-state index in [4.69, 9.17) is 4.74 Å². The van der Waals surface area contributed by atoms with Gasteiger partial charge in [-0.25, -0.2) is 0 Å². The van der Waals surface area contributed by atoms with E-state index in [9.17, 15) is 4.79 Å². The van der Waals surface area contributed by atoms with Gasteiger partial charge >= 0.3 is 0 Å². The third kappa shape index (κ3) is 3.42. The standard InChI is InChI=1S/C25H19N3O2/c29-25(28-15-17-11-12-21(27-14-17)18-6-5-13-26-16-18)24-19-7-1-3-9-22(19)30-23-10-4-2-8-20(23)24/h1-14,16,24H,15H2,(H,28,29). The Kier molecular flexibility index (Phi) is 4.69. The number of carbonyl (C=O) groups is 1. The van der Waals surface area contributed by atoms with Gasteiger partial charge in [-0.2, -0.15) is 0 Å². The van der Waals surface area contributed by atoms with Crippen LogP contribution in [0.15, 0.2) is 91.4 Å². The van der Waals surface area contributed by atoms with Crippen LogP contribution in [-0.2, 0) is 11.3 Å². The SMILES string of the molecule is O=C(NCc1ccc(-c2cccnc2)nc1)C1c2ccccc2Oc2ccccc21. The molecule has 2 aromatic heterocycles. The molecule has 5 nitrogen and oxygen atoms in total. The van der Waals surface area contributed by atoms with Gasteiger partial charge in [-0.05, 0) is 35.9 Å². The number of benzene rings is 2. The van der Waals surface area contributed by atoms with Crippen LogP contribution < -0.4 is 10.1 Å². The van der Waals surface area contributed by atoms with E-state index in [0.717, 1.165) is 39.4 Å². The zero-order valence-corrected chi connectivity index (χ0v) is 16.2. The van der Waals surface area contributed by atoms with E-state index in [1.165, 1.54) is 0 Å². The molecule has 1 amide bonds. The lowest BCUT2D eigenvalue weighted by atomic mass is 9.87. The number of nitrogens with zero attached hydrogens (tertiary/aromatic N) is 2. The lowest BCUT2D eigenvalue weighted by Crippen LogP contribution is -2.31. The van der Waals surface area contributed by atoms with Crippen LogP contribution >= 0.6 is 0 Å². The second-order valence-electron chi connectivity index (χ2n) is 7.12. The van der Waals surface area contributed by atoms with Crippen molar-refractivity contribution in [3.8, 4) is 22.8 Å². The summed E-state index contributed by atoms with van der Waals surface area (Å²) in [5, 5.41) is 3.06. The summed E-state index contributed by atoms with van der Waals surface area (Å²) in [4.78, 5) is 21.8. The van der Waals surface area contributed by atoms with Crippen molar-refractivity contribution in [3.63, 3.8) is 0 Å². The van der Waals surface area contributed by atoms with Crippen LogP contribution in [0.25, 0.3) is 11.3 Å². The molecule has 146 valence electrons. The molecule has 5 rings (SSSR count). The Morgan fingerprint density at radius 3 is 2.23 bits per heavy atom. The van der Waals surface area contributed by atoms with E-state index in [1.807, 2.05) is 72.8 Å². The Hall–Kier alpha value is -3.99. The van der Waals surface area contributed by atoms with E-state index in [1.54, 1.807) is 18.6 Å². The molecule has 0 unspecified atom stereocenters. The van der Waals surface area contributed by atoms with Crippen LogP contribution in [0.5, 0.6) is 11.5 Å². The molecule has 1 N–H and O–H groups in total. The molecule has 0 atom stereocenters. The van der Waals surface area contributed by atoms with Crippen molar-refractivity contribution >= 4 is 5.91 Å². The van der Waals surface area contributed by atoms with Crippen molar-refractivity contribution in [1.82, 2.24) is 15.3 Å². The van der Waals surface area contributed by atoms with Gasteiger partial charge in [-0.15, -0.1) is 0 Å². The Morgan fingerprint density at radius 2 is 1.60 bits per heavy atom. The highest BCUT2D eigenvalue weighted by Crippen LogP contribution is 2.43. The quantitative estimate of drug-likeness (QED) is 0.546. The van der Waals surface area contributed by atoms with Crippen LogP contribution in [-0.4, -0.2) is 15.9 Å². The molecule has 2 aromatic carbocycles. The van der Waals surface area contributed by atoms with E-state index in [0.29, 0.717) is 6.54 Å². The number of nitrogens with one attached hydrogen (secondary N) is 1. The number of pyridine rings is 2. The number of amides is 1. The van der Waals surface area contributed by atoms with Gasteiger partial charge in [-0.3, -0.25) is 14.8 Å². The summed E-state index contributed by atoms with van der Waals surface area (Å²) in [6, 6.07) is 23.1. The third-order valence-electron chi connectivity index (χ3n) is 5.19. The molecule has 5 heteroatoms. The van der Waals surface area contributed by atoms with Gasteiger partial charge < -0.3 is 10.1 Å². The maximum atomic E-state index is 13.2. The zero-order chi connectivity index (χ0) is 20.3. The van der Waals surface area contributed by atoms with Crippen LogP contribution in [0.1, 0.15) is 22.6 Å². The van der Waals surface area contributed by atoms with Gasteiger partial charge in [0, 0.05) is 41.8 Å². The fraction of sp³-hybridized carbons (Fsp3) is 0.0800. The minimum atomic E-state index is -0.409. The van der Waals surface area contributed by atoms with Gasteiger partial charge in [0.2, 0.25) is 5.91 Å². The Labute approximate surface area is 174 Å². The smallest absolute Gasteiger partial charge is 0.232 e. The Morgan fingerprint density at radius 1 is 0.867 bits per heavy atom. The van der Waals surface area contributed by atoms with E-state index in [-0.39, 0.29) is 5.91 Å². The Balaban J connectivity index is 1.35. The van der Waals surface area contributed by atoms with E-state index in [2.05, 4.69) is 15.3 Å². The van der Waals surface area contributed by atoms with Crippen molar-refractivity contribution in [2.45, 2.75) is 12.5 Å². The topological polar surface area (TPSA) is 64.1 Å². The largest absolute Gasteiger partial charge is 0.457 e. The van der Waals surface area contributed by atoms with Crippen molar-refractivity contribution in [1.29, 1.82) is 0 Å². The van der Waals surface area contributed by atoms with E-state index >= 15 is 0 Å². The predicted octanol–water partition coefficient (Wildman–Crippen LogP) is 4.70. The molecule has 0 spiro atoms. The first kappa shape index (κ1) is 18.1. The summed E-state index contributed by atoms with van der Waals surface area (Å²) in [5.74, 6) is 0.973. The first-order valence-corrected chi connectivity index (χ1v) is 9.78. The van der Waals surface area contributed by atoms with Crippen molar-refractivity contribution in [2.24, 2.45) is 0 Å². The average Bonchev–Trinajstić information content (AvgIpc) is 2.82. The number of hydrogen-bond acceptors (Lipinski definition) is 4. The lowest BCUT2D eigenvalue weighted by molar-refractivity contribution is -0.122. The van der Waals surface area contributed by atoms with Crippen LogP contribution in [0, 0.1) is 0 Å². The van der Waals surface area contributed by atoms with Crippen LogP contribution in [0.2, 0.25) is 0 Å². The van der Waals surface area contributed by atoms with Crippen molar-refractivity contribution in [3.05, 3.63) is 108 Å². The first-order chi connectivity index (χ1) is 14.8. The molecule has 4 aromatic rings. The lowest BCUT2D eigenvalue weighted by Gasteiger charge is -2.27. The molecule has 1 aliphatic heterocycles. The number of para-hydroxylation sites is 2. The number of hydrogen-bond donors (Lipinski definition) is 1. The molecule has 3 heterocycles. The minimum Gasteiger partial charge on any atom is -0.457 e. The molecule has 1 aliphatic rings. The fourth-order valence-corrected chi connectivity index (χ4v) is 3.70. The normalized spacial score (nSPS) is 12.4. The first-order valence-electron chi connectivity index (χ1n) is 9.78. The average molecular weight is 393 g/mol. The maximum absolute atomic E-state index is 13.2.